The average molecular weight is 576 g/mol. The topological polar surface area (TPSA) is 86.8 Å². The van der Waals surface area contributed by atoms with Gasteiger partial charge in [-0.15, -0.1) is 0 Å². The van der Waals surface area contributed by atoms with Crippen molar-refractivity contribution in [2.45, 2.75) is 90.8 Å². The smallest absolute Gasteiger partial charge is 0.243 e. The molecule has 7 nitrogen and oxygen atoms in total. The molecule has 0 aliphatic heterocycles. The molecule has 0 saturated heterocycles. The molecule has 214 valence electrons. The van der Waals surface area contributed by atoms with Crippen molar-refractivity contribution in [3.05, 3.63) is 64.2 Å². The van der Waals surface area contributed by atoms with Crippen LogP contribution in [0.15, 0.2) is 42.5 Å². The Morgan fingerprint density at radius 3 is 2.33 bits per heavy atom. The summed E-state index contributed by atoms with van der Waals surface area (Å²) in [6.45, 7) is 6.17. The van der Waals surface area contributed by atoms with E-state index in [1.165, 1.54) is 17.0 Å². The SMILES string of the molecule is CC[C@@H](C(=O)NC1CCCCC1)N(Cc1ccc(Cl)cc1)C(=O)CCCN(c1cc(C)ccc1C)S(C)(=O)=O. The standard InChI is InChI=1S/C30H42ClN3O4S/c1-5-27(30(36)32-26-10-7-6-8-11-26)33(21-24-15-17-25(31)18-16-24)29(35)12-9-19-34(39(4,37)38)28-20-22(2)13-14-23(28)3/h13-18,20,26-27H,5-12,19,21H2,1-4H3,(H,32,36)/t27-/m0/s1. The molecule has 39 heavy (non-hydrogen) atoms. The number of rotatable bonds is 12. The van der Waals surface area contributed by atoms with Crippen molar-refractivity contribution in [2.75, 3.05) is 17.1 Å². The normalized spacial score (nSPS) is 15.0. The summed E-state index contributed by atoms with van der Waals surface area (Å²) in [5, 5.41) is 3.79. The van der Waals surface area contributed by atoms with Crippen LogP contribution in [0, 0.1) is 13.8 Å². The van der Waals surface area contributed by atoms with Gasteiger partial charge in [-0.2, -0.15) is 0 Å². The lowest BCUT2D eigenvalue weighted by molar-refractivity contribution is -0.141. The number of halogens is 1. The molecule has 0 spiro atoms. The predicted octanol–water partition coefficient (Wildman–Crippen LogP) is 5.76. The van der Waals surface area contributed by atoms with E-state index in [1.54, 1.807) is 17.0 Å². The minimum atomic E-state index is -3.55. The molecule has 0 bridgehead atoms. The molecule has 0 aromatic heterocycles. The molecular weight excluding hydrogens is 534 g/mol. The van der Waals surface area contributed by atoms with Crippen LogP contribution in [0.25, 0.3) is 0 Å². The van der Waals surface area contributed by atoms with E-state index in [4.69, 9.17) is 11.6 Å². The van der Waals surface area contributed by atoms with Gasteiger partial charge in [0.2, 0.25) is 21.8 Å². The highest BCUT2D eigenvalue weighted by Gasteiger charge is 2.30. The molecular formula is C30H42ClN3O4S. The van der Waals surface area contributed by atoms with Crippen LogP contribution in [0.2, 0.25) is 5.02 Å². The van der Waals surface area contributed by atoms with Gasteiger partial charge in [0.1, 0.15) is 6.04 Å². The minimum absolute atomic E-state index is 0.123. The van der Waals surface area contributed by atoms with Gasteiger partial charge in [0.15, 0.2) is 0 Å². The first-order valence-corrected chi connectivity index (χ1v) is 16.1. The number of carbonyl (C=O) groups is 2. The highest BCUT2D eigenvalue weighted by atomic mass is 35.5. The summed E-state index contributed by atoms with van der Waals surface area (Å²) in [4.78, 5) is 28.7. The lowest BCUT2D eigenvalue weighted by Crippen LogP contribution is -2.51. The molecule has 2 amide bonds. The van der Waals surface area contributed by atoms with Crippen molar-refractivity contribution in [1.82, 2.24) is 10.2 Å². The lowest BCUT2D eigenvalue weighted by atomic mass is 9.95. The van der Waals surface area contributed by atoms with Crippen LogP contribution in [0.3, 0.4) is 0 Å². The summed E-state index contributed by atoms with van der Waals surface area (Å²) in [7, 11) is -3.55. The van der Waals surface area contributed by atoms with E-state index < -0.39 is 16.1 Å². The number of carbonyl (C=O) groups excluding carboxylic acids is 2. The van der Waals surface area contributed by atoms with Crippen molar-refractivity contribution < 1.29 is 18.0 Å². The second-order valence-electron chi connectivity index (χ2n) is 10.6. The summed E-state index contributed by atoms with van der Waals surface area (Å²) in [5.41, 5.74) is 3.32. The van der Waals surface area contributed by atoms with Crippen molar-refractivity contribution >= 4 is 39.1 Å². The van der Waals surface area contributed by atoms with Gasteiger partial charge >= 0.3 is 0 Å². The minimum Gasteiger partial charge on any atom is -0.352 e. The Morgan fingerprint density at radius 2 is 1.72 bits per heavy atom. The fraction of sp³-hybridized carbons (Fsp3) is 0.533. The fourth-order valence-corrected chi connectivity index (χ4v) is 6.36. The molecule has 1 fully saturated rings. The molecule has 1 aliphatic rings. The third-order valence-corrected chi connectivity index (χ3v) is 8.82. The van der Waals surface area contributed by atoms with Gasteiger partial charge in [-0.25, -0.2) is 8.42 Å². The summed E-state index contributed by atoms with van der Waals surface area (Å²) in [6, 6.07) is 12.5. The number of hydrogen-bond acceptors (Lipinski definition) is 4. The number of nitrogens with zero attached hydrogens (tertiary/aromatic N) is 2. The molecule has 1 N–H and O–H groups in total. The van der Waals surface area contributed by atoms with Gasteiger partial charge in [0, 0.05) is 30.6 Å². The van der Waals surface area contributed by atoms with E-state index in [0.29, 0.717) is 23.6 Å². The van der Waals surface area contributed by atoms with Crippen LogP contribution >= 0.6 is 11.6 Å². The van der Waals surface area contributed by atoms with E-state index in [1.807, 2.05) is 51.1 Å². The fourth-order valence-electron chi connectivity index (χ4n) is 5.22. The van der Waals surface area contributed by atoms with E-state index in [-0.39, 0.29) is 37.4 Å². The number of benzene rings is 2. The van der Waals surface area contributed by atoms with Crippen LogP contribution < -0.4 is 9.62 Å². The van der Waals surface area contributed by atoms with Gasteiger partial charge in [0.05, 0.1) is 11.9 Å². The van der Waals surface area contributed by atoms with Gasteiger partial charge in [-0.05, 0) is 74.4 Å². The predicted molar refractivity (Wildman–Crippen MR) is 158 cm³/mol. The van der Waals surface area contributed by atoms with E-state index in [2.05, 4.69) is 5.32 Å². The quantitative estimate of drug-likeness (QED) is 0.349. The highest BCUT2D eigenvalue weighted by Crippen LogP contribution is 2.25. The maximum absolute atomic E-state index is 13.7. The second kappa shape index (κ2) is 14.2. The van der Waals surface area contributed by atoms with Crippen molar-refractivity contribution in [1.29, 1.82) is 0 Å². The summed E-state index contributed by atoms with van der Waals surface area (Å²) in [5.74, 6) is -0.301. The molecule has 0 unspecified atom stereocenters. The lowest BCUT2D eigenvalue weighted by Gasteiger charge is -2.33. The van der Waals surface area contributed by atoms with Gasteiger partial charge in [-0.1, -0.05) is 62.1 Å². The second-order valence-corrected chi connectivity index (χ2v) is 13.0. The van der Waals surface area contributed by atoms with Crippen molar-refractivity contribution in [3.63, 3.8) is 0 Å². The molecule has 1 saturated carbocycles. The molecule has 0 radical (unpaired) electrons. The highest BCUT2D eigenvalue weighted by molar-refractivity contribution is 7.92. The van der Waals surface area contributed by atoms with E-state index in [0.717, 1.165) is 42.4 Å². The van der Waals surface area contributed by atoms with Gasteiger partial charge < -0.3 is 10.2 Å². The third kappa shape index (κ3) is 8.97. The molecule has 9 heteroatoms. The molecule has 2 aromatic carbocycles. The number of sulfonamides is 1. The molecule has 1 atom stereocenters. The number of amides is 2. The zero-order valence-corrected chi connectivity index (χ0v) is 25.2. The first-order chi connectivity index (χ1) is 18.5. The van der Waals surface area contributed by atoms with Gasteiger partial charge in [-0.3, -0.25) is 13.9 Å². The van der Waals surface area contributed by atoms with Crippen molar-refractivity contribution in [2.24, 2.45) is 0 Å². The monoisotopic (exact) mass is 575 g/mol. The Balaban J connectivity index is 1.77. The Labute approximate surface area is 239 Å². The summed E-state index contributed by atoms with van der Waals surface area (Å²) < 4.78 is 26.7. The van der Waals surface area contributed by atoms with Crippen LogP contribution in [0.5, 0.6) is 0 Å². The summed E-state index contributed by atoms with van der Waals surface area (Å²) in [6.07, 6.45) is 7.45. The largest absolute Gasteiger partial charge is 0.352 e. The van der Waals surface area contributed by atoms with Crippen LogP contribution in [-0.2, 0) is 26.2 Å². The molecule has 2 aromatic rings. The Kier molecular flexibility index (Phi) is 11.2. The van der Waals surface area contributed by atoms with Crippen LogP contribution in [0.1, 0.15) is 75.0 Å². The number of anilines is 1. The average Bonchev–Trinajstić information content (AvgIpc) is 2.89. The molecule has 3 rings (SSSR count). The summed E-state index contributed by atoms with van der Waals surface area (Å²) >= 11 is 6.07. The molecule has 1 aliphatic carbocycles. The Hall–Kier alpha value is -2.58. The van der Waals surface area contributed by atoms with Gasteiger partial charge in [0.25, 0.3) is 0 Å². The first kappa shape index (κ1) is 31.0. The number of hydrogen-bond donors (Lipinski definition) is 1. The number of nitrogens with one attached hydrogen (secondary N) is 1. The van der Waals surface area contributed by atoms with E-state index in [9.17, 15) is 18.0 Å². The zero-order valence-electron chi connectivity index (χ0n) is 23.6. The molecule has 0 heterocycles. The zero-order chi connectivity index (χ0) is 28.6. The van der Waals surface area contributed by atoms with Crippen LogP contribution in [0.4, 0.5) is 5.69 Å². The van der Waals surface area contributed by atoms with Crippen LogP contribution in [-0.4, -0.2) is 50.0 Å². The Bertz CT molecular complexity index is 1230. The number of aryl methyl sites for hydroxylation is 2. The Morgan fingerprint density at radius 1 is 1.05 bits per heavy atom. The maximum atomic E-state index is 13.7. The van der Waals surface area contributed by atoms with Crippen molar-refractivity contribution in [3.8, 4) is 0 Å². The van der Waals surface area contributed by atoms with E-state index >= 15 is 0 Å². The maximum Gasteiger partial charge on any atom is 0.243 e. The third-order valence-electron chi connectivity index (χ3n) is 7.39. The first-order valence-electron chi connectivity index (χ1n) is 13.9.